The summed E-state index contributed by atoms with van der Waals surface area (Å²) in [5, 5.41) is 17.2. The fourth-order valence-corrected chi connectivity index (χ4v) is 0.867. The van der Waals surface area contributed by atoms with Crippen molar-refractivity contribution in [3.8, 4) is 0 Å². The SMILES string of the molecule is CC(C)(N)Cn1cc([N+](=O)[O-])nn1. The van der Waals surface area contributed by atoms with Gasteiger partial charge in [-0.15, -0.1) is 0 Å². The van der Waals surface area contributed by atoms with Gasteiger partial charge in [-0.2, -0.15) is 0 Å². The largest absolute Gasteiger partial charge is 0.410 e. The Balaban J connectivity index is 2.75. The van der Waals surface area contributed by atoms with Crippen LogP contribution >= 0.6 is 0 Å². The molecule has 1 heterocycles. The Morgan fingerprint density at radius 2 is 2.38 bits per heavy atom. The Kier molecular flexibility index (Phi) is 2.28. The van der Waals surface area contributed by atoms with Crippen LogP contribution in [0.5, 0.6) is 0 Å². The molecular weight excluding hydrogens is 174 g/mol. The third-order valence-electron chi connectivity index (χ3n) is 1.28. The van der Waals surface area contributed by atoms with Crippen molar-refractivity contribution in [3.63, 3.8) is 0 Å². The van der Waals surface area contributed by atoms with E-state index in [4.69, 9.17) is 5.73 Å². The Morgan fingerprint density at radius 3 is 2.77 bits per heavy atom. The van der Waals surface area contributed by atoms with Crippen LogP contribution in [0.4, 0.5) is 5.82 Å². The van der Waals surface area contributed by atoms with E-state index < -0.39 is 10.5 Å². The van der Waals surface area contributed by atoms with E-state index in [-0.39, 0.29) is 5.82 Å². The first-order chi connectivity index (χ1) is 5.88. The van der Waals surface area contributed by atoms with Gasteiger partial charge >= 0.3 is 5.82 Å². The van der Waals surface area contributed by atoms with E-state index in [0.29, 0.717) is 6.54 Å². The zero-order chi connectivity index (χ0) is 10.1. The van der Waals surface area contributed by atoms with Crippen molar-refractivity contribution in [3.05, 3.63) is 16.3 Å². The first-order valence-electron chi connectivity index (χ1n) is 3.72. The highest BCUT2D eigenvalue weighted by atomic mass is 16.6. The molecule has 0 saturated heterocycles. The van der Waals surface area contributed by atoms with E-state index in [0.717, 1.165) is 0 Å². The second-order valence-corrected chi connectivity index (χ2v) is 3.52. The minimum atomic E-state index is -0.590. The van der Waals surface area contributed by atoms with Crippen molar-refractivity contribution >= 4 is 5.82 Å². The third kappa shape index (κ3) is 2.79. The van der Waals surface area contributed by atoms with Gasteiger partial charge in [-0.25, -0.2) is 4.68 Å². The lowest BCUT2D eigenvalue weighted by molar-refractivity contribution is -0.389. The van der Waals surface area contributed by atoms with Crippen LogP contribution < -0.4 is 5.73 Å². The molecule has 0 aromatic carbocycles. The van der Waals surface area contributed by atoms with E-state index >= 15 is 0 Å². The van der Waals surface area contributed by atoms with Gasteiger partial charge in [0, 0.05) is 5.54 Å². The lowest BCUT2D eigenvalue weighted by Crippen LogP contribution is -2.37. The molecule has 7 heteroatoms. The molecule has 0 saturated carbocycles. The summed E-state index contributed by atoms with van der Waals surface area (Å²) in [7, 11) is 0. The van der Waals surface area contributed by atoms with Crippen LogP contribution in [0.25, 0.3) is 0 Å². The van der Waals surface area contributed by atoms with Crippen LogP contribution in [0, 0.1) is 10.1 Å². The molecule has 0 spiro atoms. The molecular formula is C6H11N5O2. The smallest absolute Gasteiger partial charge is 0.358 e. The first kappa shape index (κ1) is 9.59. The Morgan fingerprint density at radius 1 is 1.77 bits per heavy atom. The monoisotopic (exact) mass is 185 g/mol. The summed E-state index contributed by atoms with van der Waals surface area (Å²) >= 11 is 0. The predicted octanol–water partition coefficient (Wildman–Crippen LogP) is -0.0764. The Labute approximate surface area is 74.7 Å². The van der Waals surface area contributed by atoms with Gasteiger partial charge in [0.05, 0.1) is 11.8 Å². The molecule has 1 aromatic heterocycles. The molecule has 1 aromatic rings. The topological polar surface area (TPSA) is 99.9 Å². The maximum absolute atomic E-state index is 10.2. The van der Waals surface area contributed by atoms with Crippen LogP contribution in [-0.4, -0.2) is 25.5 Å². The minimum Gasteiger partial charge on any atom is -0.358 e. The number of hydrogen-bond donors (Lipinski definition) is 1. The average Bonchev–Trinajstić information content (AvgIpc) is 2.31. The van der Waals surface area contributed by atoms with Crippen molar-refractivity contribution in [1.82, 2.24) is 15.0 Å². The zero-order valence-electron chi connectivity index (χ0n) is 7.47. The Bertz CT molecular complexity index is 313. The number of hydrogen-bond acceptors (Lipinski definition) is 5. The molecule has 0 atom stereocenters. The molecule has 0 bridgehead atoms. The van der Waals surface area contributed by atoms with Crippen molar-refractivity contribution in [2.24, 2.45) is 5.73 Å². The lowest BCUT2D eigenvalue weighted by atomic mass is 10.1. The number of nitrogens with zero attached hydrogens (tertiary/aromatic N) is 4. The summed E-state index contributed by atoms with van der Waals surface area (Å²) < 4.78 is 1.36. The van der Waals surface area contributed by atoms with Crippen LogP contribution in [0.2, 0.25) is 0 Å². The summed E-state index contributed by atoms with van der Waals surface area (Å²) in [6, 6.07) is 0. The van der Waals surface area contributed by atoms with Gasteiger partial charge < -0.3 is 15.8 Å². The first-order valence-corrected chi connectivity index (χ1v) is 3.72. The minimum absolute atomic E-state index is 0.260. The lowest BCUT2D eigenvalue weighted by Gasteiger charge is -2.16. The van der Waals surface area contributed by atoms with Gasteiger partial charge in [0.25, 0.3) is 0 Å². The predicted molar refractivity (Wildman–Crippen MR) is 44.9 cm³/mol. The van der Waals surface area contributed by atoms with E-state index in [1.165, 1.54) is 10.9 Å². The second kappa shape index (κ2) is 3.09. The quantitative estimate of drug-likeness (QED) is 0.524. The highest BCUT2D eigenvalue weighted by Crippen LogP contribution is 2.06. The molecule has 7 nitrogen and oxygen atoms in total. The van der Waals surface area contributed by atoms with Gasteiger partial charge in [-0.05, 0) is 18.8 Å². The molecule has 72 valence electrons. The van der Waals surface area contributed by atoms with Gasteiger partial charge in [0.15, 0.2) is 0 Å². The molecule has 0 aliphatic carbocycles. The highest BCUT2D eigenvalue weighted by molar-refractivity contribution is 5.08. The summed E-state index contributed by atoms with van der Waals surface area (Å²) in [5.74, 6) is -0.260. The summed E-state index contributed by atoms with van der Waals surface area (Å²) in [6.07, 6.45) is 1.26. The number of nitrogens with two attached hydrogens (primary N) is 1. The number of aromatic nitrogens is 3. The second-order valence-electron chi connectivity index (χ2n) is 3.52. The van der Waals surface area contributed by atoms with Gasteiger partial charge in [-0.1, -0.05) is 0 Å². The molecule has 0 amide bonds. The molecule has 2 N–H and O–H groups in total. The standard InChI is InChI=1S/C6H11N5O2/c1-6(2,7)4-10-3-5(8-9-10)11(12)13/h3H,4,7H2,1-2H3. The normalized spacial score (nSPS) is 11.6. The number of nitro groups is 1. The van der Waals surface area contributed by atoms with E-state index in [1.807, 2.05) is 0 Å². The molecule has 0 radical (unpaired) electrons. The fourth-order valence-electron chi connectivity index (χ4n) is 0.867. The van der Waals surface area contributed by atoms with Crippen molar-refractivity contribution in [2.75, 3.05) is 0 Å². The average molecular weight is 185 g/mol. The molecule has 13 heavy (non-hydrogen) atoms. The Hall–Kier alpha value is -1.50. The molecule has 0 fully saturated rings. The van der Waals surface area contributed by atoms with Crippen LogP contribution in [0.3, 0.4) is 0 Å². The van der Waals surface area contributed by atoms with Crippen molar-refractivity contribution in [1.29, 1.82) is 0 Å². The maximum Gasteiger partial charge on any atom is 0.410 e. The number of rotatable bonds is 3. The van der Waals surface area contributed by atoms with E-state index in [9.17, 15) is 10.1 Å². The summed E-state index contributed by atoms with van der Waals surface area (Å²) in [5.41, 5.74) is 5.24. The van der Waals surface area contributed by atoms with Crippen LogP contribution in [0.15, 0.2) is 6.20 Å². The summed E-state index contributed by atoms with van der Waals surface area (Å²) in [4.78, 5) is 9.65. The maximum atomic E-state index is 10.2. The van der Waals surface area contributed by atoms with Gasteiger partial charge in [-0.3, -0.25) is 0 Å². The van der Waals surface area contributed by atoms with Gasteiger partial charge in [0.1, 0.15) is 11.3 Å². The van der Waals surface area contributed by atoms with Gasteiger partial charge in [0.2, 0.25) is 0 Å². The zero-order valence-corrected chi connectivity index (χ0v) is 7.47. The third-order valence-corrected chi connectivity index (χ3v) is 1.28. The summed E-state index contributed by atoms with van der Waals surface area (Å²) in [6.45, 7) is 4.01. The highest BCUT2D eigenvalue weighted by Gasteiger charge is 2.17. The van der Waals surface area contributed by atoms with Crippen LogP contribution in [-0.2, 0) is 6.54 Å². The van der Waals surface area contributed by atoms with E-state index in [1.54, 1.807) is 13.8 Å². The van der Waals surface area contributed by atoms with Crippen molar-refractivity contribution in [2.45, 2.75) is 25.9 Å². The van der Waals surface area contributed by atoms with E-state index in [2.05, 4.69) is 10.3 Å². The fraction of sp³-hybridized carbons (Fsp3) is 0.667. The molecule has 0 unspecified atom stereocenters. The molecule has 0 aliphatic heterocycles. The molecule has 0 aliphatic rings. The molecule has 1 rings (SSSR count). The van der Waals surface area contributed by atoms with Crippen LogP contribution in [0.1, 0.15) is 13.8 Å². The van der Waals surface area contributed by atoms with Crippen molar-refractivity contribution < 1.29 is 4.92 Å².